The molecule has 1 aromatic carbocycles. The molecule has 1 amide bonds. The molecule has 144 valence electrons. The number of aromatic nitrogens is 1. The lowest BCUT2D eigenvalue weighted by atomic mass is 10.0. The van der Waals surface area contributed by atoms with Gasteiger partial charge in [-0.05, 0) is 36.1 Å². The first-order valence-corrected chi connectivity index (χ1v) is 9.75. The molecule has 2 aromatic rings. The topological polar surface area (TPSA) is 46.9 Å². The fourth-order valence-electron chi connectivity index (χ4n) is 3.28. The summed E-state index contributed by atoms with van der Waals surface area (Å²) in [6, 6.07) is 7.97. The minimum atomic E-state index is 0.0263. The summed E-state index contributed by atoms with van der Waals surface area (Å²) >= 11 is 6.24. The molecule has 2 heterocycles. The van der Waals surface area contributed by atoms with Crippen molar-refractivity contribution in [3.63, 3.8) is 0 Å². The van der Waals surface area contributed by atoms with Gasteiger partial charge in [-0.25, -0.2) is 4.98 Å². The van der Waals surface area contributed by atoms with E-state index in [0.29, 0.717) is 13.1 Å². The van der Waals surface area contributed by atoms with Gasteiger partial charge in [0.15, 0.2) is 19.0 Å². The number of carbonyl (C=O) groups is 1. The standard InChI is InChI=1S/C21H26ClN3O2/c1-15(2)18-13-19(22)16(3)12-20(18)27-14-21(26)25-10-8-24(9-11-25)17-4-6-23-7-5-17/h4-7,12-13,15H,8-11,14H2,1-3H3/p+1. The Morgan fingerprint density at radius 1 is 1.19 bits per heavy atom. The molecule has 0 bridgehead atoms. The number of rotatable bonds is 5. The number of aryl methyl sites for hydroxylation is 1. The molecular formula is C21H27ClN3O2+. The number of anilines is 1. The zero-order valence-electron chi connectivity index (χ0n) is 16.2. The molecule has 0 unspecified atom stereocenters. The van der Waals surface area contributed by atoms with Crippen LogP contribution in [0.25, 0.3) is 0 Å². The van der Waals surface area contributed by atoms with E-state index in [0.717, 1.165) is 35.0 Å². The van der Waals surface area contributed by atoms with Crippen molar-refractivity contribution >= 4 is 23.2 Å². The van der Waals surface area contributed by atoms with E-state index in [-0.39, 0.29) is 18.4 Å². The molecule has 3 rings (SSSR count). The van der Waals surface area contributed by atoms with E-state index in [2.05, 4.69) is 35.9 Å². The van der Waals surface area contributed by atoms with E-state index < -0.39 is 0 Å². The Balaban J connectivity index is 1.57. The number of hydrogen-bond acceptors (Lipinski definition) is 3. The van der Waals surface area contributed by atoms with Gasteiger partial charge in [0.2, 0.25) is 0 Å². The molecular weight excluding hydrogens is 362 g/mol. The number of carbonyl (C=O) groups excluding carboxylic acids is 1. The molecule has 1 aromatic heterocycles. The Labute approximate surface area is 165 Å². The molecule has 5 nitrogen and oxygen atoms in total. The monoisotopic (exact) mass is 388 g/mol. The summed E-state index contributed by atoms with van der Waals surface area (Å²) in [6.07, 6.45) is 3.84. The summed E-state index contributed by atoms with van der Waals surface area (Å²) in [7, 11) is 0. The Morgan fingerprint density at radius 2 is 1.85 bits per heavy atom. The number of piperazine rings is 1. The van der Waals surface area contributed by atoms with Crippen LogP contribution in [-0.2, 0) is 4.79 Å². The third-order valence-electron chi connectivity index (χ3n) is 4.96. The van der Waals surface area contributed by atoms with Gasteiger partial charge in [-0.2, -0.15) is 0 Å². The Morgan fingerprint density at radius 3 is 2.48 bits per heavy atom. The fourth-order valence-corrected chi connectivity index (χ4v) is 3.45. The maximum atomic E-state index is 12.6. The van der Waals surface area contributed by atoms with Crippen molar-refractivity contribution in [2.24, 2.45) is 0 Å². The molecule has 27 heavy (non-hydrogen) atoms. The van der Waals surface area contributed by atoms with Crippen molar-refractivity contribution in [3.05, 3.63) is 52.8 Å². The van der Waals surface area contributed by atoms with Crippen LogP contribution in [0.3, 0.4) is 0 Å². The summed E-state index contributed by atoms with van der Waals surface area (Å²) in [5.74, 6) is 1.05. The van der Waals surface area contributed by atoms with Gasteiger partial charge < -0.3 is 14.5 Å². The van der Waals surface area contributed by atoms with Gasteiger partial charge in [-0.3, -0.25) is 4.79 Å². The van der Waals surface area contributed by atoms with Gasteiger partial charge in [0.25, 0.3) is 5.91 Å². The van der Waals surface area contributed by atoms with Gasteiger partial charge in [-0.15, -0.1) is 0 Å². The first kappa shape index (κ1) is 19.5. The number of halogens is 1. The lowest BCUT2D eigenvalue weighted by molar-refractivity contribution is -0.377. The highest BCUT2D eigenvalue weighted by molar-refractivity contribution is 6.31. The van der Waals surface area contributed by atoms with Crippen molar-refractivity contribution in [1.29, 1.82) is 0 Å². The smallest absolute Gasteiger partial charge is 0.260 e. The normalized spacial score (nSPS) is 14.6. The van der Waals surface area contributed by atoms with E-state index in [1.165, 1.54) is 5.69 Å². The van der Waals surface area contributed by atoms with Gasteiger partial charge in [0, 0.05) is 49.0 Å². The first-order valence-electron chi connectivity index (χ1n) is 9.37. The first-order chi connectivity index (χ1) is 13.0. The minimum absolute atomic E-state index is 0.0263. The van der Waals surface area contributed by atoms with E-state index in [1.54, 1.807) is 0 Å². The number of nitrogens with zero attached hydrogens (tertiary/aromatic N) is 2. The van der Waals surface area contributed by atoms with Crippen molar-refractivity contribution in [3.8, 4) is 5.75 Å². The molecule has 0 spiro atoms. The average Bonchev–Trinajstić information content (AvgIpc) is 2.69. The molecule has 1 N–H and O–H groups in total. The highest BCUT2D eigenvalue weighted by Crippen LogP contribution is 2.32. The van der Waals surface area contributed by atoms with Crippen molar-refractivity contribution in [1.82, 2.24) is 4.90 Å². The average molecular weight is 389 g/mol. The molecule has 1 saturated heterocycles. The van der Waals surface area contributed by atoms with E-state index in [1.807, 2.05) is 36.4 Å². The second kappa shape index (κ2) is 8.61. The third kappa shape index (κ3) is 4.72. The number of H-pyrrole nitrogens is 1. The second-order valence-electron chi connectivity index (χ2n) is 7.21. The van der Waals surface area contributed by atoms with E-state index >= 15 is 0 Å². The summed E-state index contributed by atoms with van der Waals surface area (Å²) in [4.78, 5) is 19.8. The number of nitrogens with one attached hydrogen (secondary N) is 1. The minimum Gasteiger partial charge on any atom is -0.483 e. The van der Waals surface area contributed by atoms with Gasteiger partial charge >= 0.3 is 0 Å². The quantitative estimate of drug-likeness (QED) is 0.789. The molecule has 0 atom stereocenters. The third-order valence-corrected chi connectivity index (χ3v) is 5.37. The van der Waals surface area contributed by atoms with Crippen LogP contribution in [0.5, 0.6) is 5.75 Å². The second-order valence-corrected chi connectivity index (χ2v) is 7.62. The van der Waals surface area contributed by atoms with Crippen LogP contribution in [0.1, 0.15) is 30.9 Å². The van der Waals surface area contributed by atoms with E-state index in [4.69, 9.17) is 16.3 Å². The van der Waals surface area contributed by atoms with Crippen molar-refractivity contribution in [2.45, 2.75) is 26.7 Å². The summed E-state index contributed by atoms with van der Waals surface area (Å²) in [5.41, 5.74) is 3.16. The summed E-state index contributed by atoms with van der Waals surface area (Å²) < 4.78 is 5.89. The van der Waals surface area contributed by atoms with Gasteiger partial charge in [0.05, 0.1) is 0 Å². The van der Waals surface area contributed by atoms with Crippen LogP contribution >= 0.6 is 11.6 Å². The van der Waals surface area contributed by atoms with Crippen LogP contribution in [0, 0.1) is 6.92 Å². The molecule has 0 saturated carbocycles. The Hall–Kier alpha value is -2.27. The number of aromatic amines is 1. The molecule has 1 fully saturated rings. The molecule has 6 heteroatoms. The van der Waals surface area contributed by atoms with E-state index in [9.17, 15) is 4.79 Å². The Bertz CT molecular complexity index is 788. The summed E-state index contributed by atoms with van der Waals surface area (Å²) in [5, 5.41) is 0.729. The largest absolute Gasteiger partial charge is 0.483 e. The number of pyridine rings is 1. The zero-order valence-corrected chi connectivity index (χ0v) is 16.9. The number of ether oxygens (including phenoxy) is 1. The van der Waals surface area contributed by atoms with Crippen molar-refractivity contribution < 1.29 is 14.5 Å². The SMILES string of the molecule is Cc1cc(OCC(=O)N2CCN(c3cc[nH+]cc3)CC2)c(C(C)C)cc1Cl. The van der Waals surface area contributed by atoms with Crippen LogP contribution < -0.4 is 14.6 Å². The van der Waals surface area contributed by atoms with Crippen LogP contribution in [0.2, 0.25) is 5.02 Å². The molecule has 1 aliphatic heterocycles. The van der Waals surface area contributed by atoms with Crippen molar-refractivity contribution in [2.75, 3.05) is 37.7 Å². The number of hydrogen-bond donors (Lipinski definition) is 0. The Kier molecular flexibility index (Phi) is 6.22. The molecule has 0 radical (unpaired) electrons. The highest BCUT2D eigenvalue weighted by atomic mass is 35.5. The lowest BCUT2D eigenvalue weighted by Crippen LogP contribution is -2.50. The molecule has 0 aliphatic carbocycles. The van der Waals surface area contributed by atoms with Crippen LogP contribution in [0.4, 0.5) is 5.69 Å². The maximum Gasteiger partial charge on any atom is 0.260 e. The predicted molar refractivity (Wildman–Crippen MR) is 108 cm³/mol. The number of amides is 1. The van der Waals surface area contributed by atoms with Crippen LogP contribution in [0.15, 0.2) is 36.7 Å². The lowest BCUT2D eigenvalue weighted by Gasteiger charge is -2.35. The molecule has 1 aliphatic rings. The zero-order chi connectivity index (χ0) is 19.4. The van der Waals surface area contributed by atoms with Crippen LogP contribution in [-0.4, -0.2) is 43.6 Å². The predicted octanol–water partition coefficient (Wildman–Crippen LogP) is 3.31. The highest BCUT2D eigenvalue weighted by Gasteiger charge is 2.22. The summed E-state index contributed by atoms with van der Waals surface area (Å²) in [6.45, 7) is 9.25. The fraction of sp³-hybridized carbons (Fsp3) is 0.429. The number of benzene rings is 1. The van der Waals surface area contributed by atoms with Gasteiger partial charge in [-0.1, -0.05) is 25.4 Å². The maximum absolute atomic E-state index is 12.6. The van der Waals surface area contributed by atoms with Gasteiger partial charge in [0.1, 0.15) is 5.75 Å².